The Kier molecular flexibility index (Phi) is 15.0. The van der Waals surface area contributed by atoms with Crippen molar-refractivity contribution < 1.29 is 9.53 Å². The molecule has 0 unspecified atom stereocenters. The number of halogens is 5. The van der Waals surface area contributed by atoms with Gasteiger partial charge in [0.25, 0.3) is 0 Å². The lowest BCUT2D eigenvalue weighted by Gasteiger charge is -2.27. The van der Waals surface area contributed by atoms with Crippen molar-refractivity contribution in [3.05, 3.63) is 48.4 Å². The van der Waals surface area contributed by atoms with Crippen LogP contribution in [0.5, 0.6) is 0 Å². The zero-order valence-electron chi connectivity index (χ0n) is 21.9. The van der Waals surface area contributed by atoms with Crippen molar-refractivity contribution >= 4 is 80.8 Å². The maximum absolute atomic E-state index is 12.2. The van der Waals surface area contributed by atoms with Gasteiger partial charge in [0.15, 0.2) is 0 Å². The van der Waals surface area contributed by atoms with Crippen LogP contribution < -0.4 is 15.5 Å². The van der Waals surface area contributed by atoms with Crippen molar-refractivity contribution in [2.45, 2.75) is 39.2 Å². The van der Waals surface area contributed by atoms with Gasteiger partial charge in [-0.1, -0.05) is 46.4 Å². The van der Waals surface area contributed by atoms with E-state index < -0.39 is 5.60 Å². The minimum absolute atomic E-state index is 0.270. The van der Waals surface area contributed by atoms with Gasteiger partial charge in [0, 0.05) is 55.2 Å². The second-order valence-corrected chi connectivity index (χ2v) is 12.1. The van der Waals surface area contributed by atoms with Gasteiger partial charge in [-0.3, -0.25) is 0 Å². The molecule has 2 aromatic rings. The highest BCUT2D eigenvalue weighted by Crippen LogP contribution is 2.31. The molecule has 2 aromatic heterocycles. The SMILES string of the molecule is C1CNCCNC1.CC(C)(C)OC(=O)N1CCCN(c2ccnc(Cl)c2Cl)CC1.Clc1nccc(I)c1Cl. The molecule has 4 rings (SSSR count). The Bertz CT molecular complexity index is 988. The summed E-state index contributed by atoms with van der Waals surface area (Å²) in [5.41, 5.74) is 0.373. The predicted molar refractivity (Wildman–Crippen MR) is 166 cm³/mol. The molecule has 0 spiro atoms. The molecule has 2 aliphatic rings. The lowest BCUT2D eigenvalue weighted by Crippen LogP contribution is -2.39. The molecule has 0 saturated carbocycles. The summed E-state index contributed by atoms with van der Waals surface area (Å²) in [6, 6.07) is 3.64. The van der Waals surface area contributed by atoms with Gasteiger partial charge in [-0.25, -0.2) is 14.8 Å². The number of nitrogens with zero attached hydrogens (tertiary/aromatic N) is 4. The molecule has 2 N–H and O–H groups in total. The number of pyridine rings is 2. The number of ether oxygens (including phenoxy) is 1. The van der Waals surface area contributed by atoms with E-state index in [0.717, 1.165) is 35.3 Å². The fourth-order valence-corrected chi connectivity index (χ4v) is 4.71. The Morgan fingerprint density at radius 2 is 1.47 bits per heavy atom. The molecular weight excluding hydrogens is 685 g/mol. The number of amides is 1. The van der Waals surface area contributed by atoms with Crippen molar-refractivity contribution in [2.24, 2.45) is 0 Å². The third kappa shape index (κ3) is 12.1. The van der Waals surface area contributed by atoms with Crippen LogP contribution in [0.15, 0.2) is 24.5 Å². The highest BCUT2D eigenvalue weighted by atomic mass is 127. The van der Waals surface area contributed by atoms with Crippen LogP contribution in [0.2, 0.25) is 20.4 Å². The number of carbonyl (C=O) groups is 1. The molecule has 13 heteroatoms. The Labute approximate surface area is 259 Å². The van der Waals surface area contributed by atoms with Gasteiger partial charge in [0.05, 0.1) is 10.7 Å². The minimum Gasteiger partial charge on any atom is -0.444 e. The molecule has 8 nitrogen and oxygen atoms in total. The van der Waals surface area contributed by atoms with Crippen molar-refractivity contribution in [2.75, 3.05) is 57.3 Å². The van der Waals surface area contributed by atoms with Crippen LogP contribution in [-0.4, -0.2) is 78.9 Å². The monoisotopic (exact) mass is 718 g/mol. The van der Waals surface area contributed by atoms with Crippen molar-refractivity contribution in [3.63, 3.8) is 0 Å². The Balaban J connectivity index is 0.000000257. The summed E-state index contributed by atoms with van der Waals surface area (Å²) in [6.45, 7) is 13.0. The molecule has 2 aliphatic heterocycles. The second kappa shape index (κ2) is 17.1. The van der Waals surface area contributed by atoms with Crippen LogP contribution in [-0.2, 0) is 4.74 Å². The number of hydrogen-bond acceptors (Lipinski definition) is 7. The molecule has 0 atom stereocenters. The van der Waals surface area contributed by atoms with E-state index in [9.17, 15) is 4.79 Å². The lowest BCUT2D eigenvalue weighted by molar-refractivity contribution is 0.0263. The van der Waals surface area contributed by atoms with Gasteiger partial charge < -0.3 is 25.2 Å². The summed E-state index contributed by atoms with van der Waals surface area (Å²) in [7, 11) is 0. The van der Waals surface area contributed by atoms with E-state index in [-0.39, 0.29) is 6.09 Å². The normalized spacial score (nSPS) is 16.2. The van der Waals surface area contributed by atoms with Crippen molar-refractivity contribution in [1.82, 2.24) is 25.5 Å². The van der Waals surface area contributed by atoms with Gasteiger partial charge in [-0.2, -0.15) is 0 Å². The quantitative estimate of drug-likeness (QED) is 0.261. The molecule has 4 heterocycles. The average Bonchev–Trinajstić information content (AvgIpc) is 3.30. The summed E-state index contributed by atoms with van der Waals surface area (Å²) < 4.78 is 6.35. The standard InChI is InChI=1S/C15H21Cl2N3O2.C5H2Cl2IN.C5H12N2/c1-15(2,3)22-14(21)20-8-4-7-19(9-10-20)11-5-6-18-13(17)12(11)16;6-4-3(8)1-2-9-5(4)7;1-2-6-4-5-7-3-1/h5-6H,4,7-10H2,1-3H3;1-2H;6-7H,1-5H2. The molecule has 2 fully saturated rings. The fraction of sp³-hybridized carbons (Fsp3) is 0.560. The molecular formula is C25H35Cl4IN6O2. The Morgan fingerprint density at radius 1 is 0.868 bits per heavy atom. The van der Waals surface area contributed by atoms with E-state index >= 15 is 0 Å². The molecule has 2 saturated heterocycles. The molecule has 0 bridgehead atoms. The largest absolute Gasteiger partial charge is 0.444 e. The summed E-state index contributed by atoms with van der Waals surface area (Å²) in [5.74, 6) is 0. The van der Waals surface area contributed by atoms with Crippen LogP contribution in [0.3, 0.4) is 0 Å². The summed E-state index contributed by atoms with van der Waals surface area (Å²) in [4.78, 5) is 23.8. The van der Waals surface area contributed by atoms with Crippen LogP contribution in [0.25, 0.3) is 0 Å². The first-order chi connectivity index (χ1) is 18.0. The summed E-state index contributed by atoms with van der Waals surface area (Å²) >= 11 is 25.5. The minimum atomic E-state index is -0.481. The molecule has 0 aliphatic carbocycles. The fourth-order valence-electron chi connectivity index (χ4n) is 3.48. The molecule has 212 valence electrons. The molecule has 1 amide bonds. The third-order valence-corrected chi connectivity index (χ3v) is 8.04. The summed E-state index contributed by atoms with van der Waals surface area (Å²) in [5, 5.41) is 8.21. The van der Waals surface area contributed by atoms with Gasteiger partial charge in [0.1, 0.15) is 20.9 Å². The number of carbonyl (C=O) groups excluding carboxylic acids is 1. The first-order valence-electron chi connectivity index (χ1n) is 12.4. The summed E-state index contributed by atoms with van der Waals surface area (Å²) in [6.07, 6.45) is 5.11. The molecule has 0 aromatic carbocycles. The number of anilines is 1. The Hall–Kier alpha value is -0.820. The molecule has 38 heavy (non-hydrogen) atoms. The molecule has 0 radical (unpaired) electrons. The van der Waals surface area contributed by atoms with E-state index in [1.165, 1.54) is 19.5 Å². The number of nitrogens with one attached hydrogen (secondary N) is 2. The number of aromatic nitrogens is 2. The van der Waals surface area contributed by atoms with E-state index in [2.05, 4.69) is 48.1 Å². The van der Waals surface area contributed by atoms with E-state index in [0.29, 0.717) is 40.0 Å². The van der Waals surface area contributed by atoms with E-state index in [4.69, 9.17) is 51.1 Å². The maximum Gasteiger partial charge on any atom is 0.410 e. The van der Waals surface area contributed by atoms with Gasteiger partial charge in [-0.15, -0.1) is 0 Å². The first-order valence-corrected chi connectivity index (χ1v) is 15.0. The van der Waals surface area contributed by atoms with Gasteiger partial charge >= 0.3 is 6.09 Å². The Morgan fingerprint density at radius 3 is 2.05 bits per heavy atom. The van der Waals surface area contributed by atoms with Crippen molar-refractivity contribution in [1.29, 1.82) is 0 Å². The topological polar surface area (TPSA) is 82.6 Å². The van der Waals surface area contributed by atoms with E-state index in [1.807, 2.05) is 26.8 Å². The highest BCUT2D eigenvalue weighted by Gasteiger charge is 2.25. The number of rotatable bonds is 1. The average molecular weight is 720 g/mol. The smallest absolute Gasteiger partial charge is 0.410 e. The highest BCUT2D eigenvalue weighted by molar-refractivity contribution is 14.1. The van der Waals surface area contributed by atoms with Crippen LogP contribution in [0, 0.1) is 3.57 Å². The number of hydrogen-bond donors (Lipinski definition) is 2. The van der Waals surface area contributed by atoms with Gasteiger partial charge in [0.2, 0.25) is 0 Å². The van der Waals surface area contributed by atoms with Crippen LogP contribution in [0.4, 0.5) is 10.5 Å². The lowest BCUT2D eigenvalue weighted by atomic mass is 10.2. The maximum atomic E-state index is 12.2. The zero-order valence-corrected chi connectivity index (χ0v) is 27.1. The predicted octanol–water partition coefficient (Wildman–Crippen LogP) is 6.40. The zero-order chi connectivity index (χ0) is 28.1. The first kappa shape index (κ1) is 33.4. The van der Waals surface area contributed by atoms with Crippen molar-refractivity contribution in [3.8, 4) is 0 Å². The third-order valence-electron chi connectivity index (χ3n) is 5.30. The second-order valence-electron chi connectivity index (χ2n) is 9.49. The van der Waals surface area contributed by atoms with E-state index in [1.54, 1.807) is 23.4 Å². The van der Waals surface area contributed by atoms with Crippen LogP contribution >= 0.6 is 69.0 Å². The van der Waals surface area contributed by atoms with Gasteiger partial charge in [-0.05, 0) is 81.4 Å². The van der Waals surface area contributed by atoms with Crippen LogP contribution in [0.1, 0.15) is 33.6 Å².